The maximum absolute atomic E-state index is 12.3. The van der Waals surface area contributed by atoms with Crippen molar-refractivity contribution in [2.24, 2.45) is 5.92 Å². The molecule has 1 heterocycles. The first kappa shape index (κ1) is 15.5. The summed E-state index contributed by atoms with van der Waals surface area (Å²) in [5.41, 5.74) is 0.526. The summed E-state index contributed by atoms with van der Waals surface area (Å²) in [7, 11) is 0. The summed E-state index contributed by atoms with van der Waals surface area (Å²) in [6, 6.07) is 9.80. The summed E-state index contributed by atoms with van der Waals surface area (Å²) < 4.78 is 5.37. The van der Waals surface area contributed by atoms with Crippen LogP contribution in [0.1, 0.15) is 39.7 Å². The molecule has 2 amide bonds. The molecule has 0 N–H and O–H groups in total. The lowest BCUT2D eigenvalue weighted by molar-refractivity contribution is -0.130. The Morgan fingerprint density at radius 1 is 1.29 bits per heavy atom. The highest BCUT2D eigenvalue weighted by Gasteiger charge is 2.42. The van der Waals surface area contributed by atoms with Gasteiger partial charge in [-0.25, -0.2) is 9.69 Å². The van der Waals surface area contributed by atoms with Gasteiger partial charge in [0.05, 0.1) is 0 Å². The molecule has 0 bridgehead atoms. The van der Waals surface area contributed by atoms with E-state index < -0.39 is 11.7 Å². The number of benzene rings is 1. The van der Waals surface area contributed by atoms with Crippen LogP contribution >= 0.6 is 0 Å². The number of ether oxygens (including phenoxy) is 1. The van der Waals surface area contributed by atoms with Crippen molar-refractivity contribution in [2.45, 2.75) is 52.2 Å². The summed E-state index contributed by atoms with van der Waals surface area (Å²) in [5.74, 6) is -0.267. The number of hydrogen-bond donors (Lipinski definition) is 0. The minimum Gasteiger partial charge on any atom is -0.443 e. The third-order valence-corrected chi connectivity index (χ3v) is 3.55. The molecule has 4 nitrogen and oxygen atoms in total. The zero-order chi connectivity index (χ0) is 15.6. The molecule has 0 aromatic heterocycles. The van der Waals surface area contributed by atoms with Crippen molar-refractivity contribution >= 4 is 12.0 Å². The maximum Gasteiger partial charge on any atom is 0.417 e. The molecule has 2 atom stereocenters. The molecule has 1 aliphatic heterocycles. The number of hydrogen-bond acceptors (Lipinski definition) is 3. The first-order valence-electron chi connectivity index (χ1n) is 7.38. The van der Waals surface area contributed by atoms with Gasteiger partial charge in [0.25, 0.3) is 0 Å². The Morgan fingerprint density at radius 2 is 1.90 bits per heavy atom. The number of amides is 2. The van der Waals surface area contributed by atoms with Crippen LogP contribution in [0.15, 0.2) is 30.3 Å². The zero-order valence-electron chi connectivity index (χ0n) is 13.1. The predicted molar refractivity (Wildman–Crippen MR) is 80.8 cm³/mol. The highest BCUT2D eigenvalue weighted by atomic mass is 16.6. The molecule has 114 valence electrons. The fourth-order valence-electron chi connectivity index (χ4n) is 2.64. The van der Waals surface area contributed by atoms with Crippen LogP contribution in [0.25, 0.3) is 0 Å². The van der Waals surface area contributed by atoms with Crippen molar-refractivity contribution in [1.29, 1.82) is 0 Å². The molecule has 1 aromatic carbocycles. The molecule has 1 aliphatic rings. The summed E-state index contributed by atoms with van der Waals surface area (Å²) >= 11 is 0. The van der Waals surface area contributed by atoms with Crippen LogP contribution in [0.3, 0.4) is 0 Å². The Kier molecular flexibility index (Phi) is 4.35. The van der Waals surface area contributed by atoms with E-state index in [1.54, 1.807) is 20.8 Å². The number of carbonyl (C=O) groups excluding carboxylic acids is 2. The van der Waals surface area contributed by atoms with Crippen molar-refractivity contribution < 1.29 is 14.3 Å². The van der Waals surface area contributed by atoms with E-state index in [0.717, 1.165) is 5.56 Å². The third kappa shape index (κ3) is 3.84. The molecule has 0 aliphatic carbocycles. The van der Waals surface area contributed by atoms with Gasteiger partial charge in [0.2, 0.25) is 5.91 Å². The fraction of sp³-hybridized carbons (Fsp3) is 0.529. The lowest BCUT2D eigenvalue weighted by atomic mass is 10.0. The van der Waals surface area contributed by atoms with Crippen molar-refractivity contribution in [3.63, 3.8) is 0 Å². The van der Waals surface area contributed by atoms with E-state index in [2.05, 4.69) is 0 Å². The predicted octanol–water partition coefficient (Wildman–Crippen LogP) is 3.40. The Bertz CT molecular complexity index is 519. The first-order chi connectivity index (χ1) is 9.78. The highest BCUT2D eigenvalue weighted by molar-refractivity contribution is 5.95. The molecule has 0 spiro atoms. The van der Waals surface area contributed by atoms with E-state index in [0.29, 0.717) is 12.8 Å². The molecule has 1 saturated heterocycles. The lowest BCUT2D eigenvalue weighted by Crippen LogP contribution is -2.43. The summed E-state index contributed by atoms with van der Waals surface area (Å²) in [6.45, 7) is 7.29. The molecule has 1 fully saturated rings. The highest BCUT2D eigenvalue weighted by Crippen LogP contribution is 2.28. The molecule has 21 heavy (non-hydrogen) atoms. The van der Waals surface area contributed by atoms with Crippen LogP contribution in [0, 0.1) is 5.92 Å². The Hall–Kier alpha value is -1.84. The van der Waals surface area contributed by atoms with Crippen LogP contribution in [0.5, 0.6) is 0 Å². The van der Waals surface area contributed by atoms with Gasteiger partial charge in [-0.3, -0.25) is 4.79 Å². The van der Waals surface area contributed by atoms with Crippen LogP contribution in [0.4, 0.5) is 4.79 Å². The van der Waals surface area contributed by atoms with Crippen LogP contribution in [-0.2, 0) is 16.0 Å². The molecule has 0 unspecified atom stereocenters. The van der Waals surface area contributed by atoms with E-state index >= 15 is 0 Å². The van der Waals surface area contributed by atoms with Gasteiger partial charge in [0, 0.05) is 12.0 Å². The van der Waals surface area contributed by atoms with Gasteiger partial charge >= 0.3 is 6.09 Å². The van der Waals surface area contributed by atoms with E-state index in [1.165, 1.54) is 4.90 Å². The van der Waals surface area contributed by atoms with E-state index in [9.17, 15) is 9.59 Å². The number of carbonyl (C=O) groups is 2. The van der Waals surface area contributed by atoms with E-state index in [1.807, 2.05) is 37.3 Å². The van der Waals surface area contributed by atoms with Gasteiger partial charge in [-0.15, -0.1) is 0 Å². The average molecular weight is 289 g/mol. The molecular weight excluding hydrogens is 266 g/mol. The summed E-state index contributed by atoms with van der Waals surface area (Å²) in [4.78, 5) is 25.9. The first-order valence-corrected chi connectivity index (χ1v) is 7.38. The van der Waals surface area contributed by atoms with Crippen molar-refractivity contribution in [1.82, 2.24) is 4.90 Å². The Morgan fingerprint density at radius 3 is 2.48 bits per heavy atom. The smallest absolute Gasteiger partial charge is 0.417 e. The molecule has 1 aromatic rings. The maximum atomic E-state index is 12.3. The molecule has 0 radical (unpaired) electrons. The van der Waals surface area contributed by atoms with Gasteiger partial charge in [-0.05, 0) is 39.2 Å². The van der Waals surface area contributed by atoms with Crippen molar-refractivity contribution in [2.75, 3.05) is 0 Å². The normalized spacial score (nSPS) is 22.5. The van der Waals surface area contributed by atoms with Gasteiger partial charge in [0.15, 0.2) is 0 Å². The molecular formula is C17H23NO3. The second-order valence-corrected chi connectivity index (χ2v) is 6.67. The summed E-state index contributed by atoms with van der Waals surface area (Å²) in [5, 5.41) is 0. The quantitative estimate of drug-likeness (QED) is 0.838. The summed E-state index contributed by atoms with van der Waals surface area (Å²) in [6.07, 6.45) is 0.834. The average Bonchev–Trinajstić information content (AvgIpc) is 2.64. The molecule has 4 heteroatoms. The number of imide groups is 1. The second-order valence-electron chi connectivity index (χ2n) is 6.67. The Balaban J connectivity index is 2.15. The number of likely N-dealkylation sites (tertiary alicyclic amines) is 1. The van der Waals surface area contributed by atoms with Gasteiger partial charge in [0.1, 0.15) is 5.60 Å². The standard InChI is InChI=1S/C17H23NO3/c1-12-10-14(11-13-8-6-5-7-9-13)18(15(12)19)16(20)21-17(2,3)4/h5-9,12,14H,10-11H2,1-4H3/t12-,14-/m1/s1. The van der Waals surface area contributed by atoms with Crippen LogP contribution < -0.4 is 0 Å². The third-order valence-electron chi connectivity index (χ3n) is 3.55. The van der Waals surface area contributed by atoms with Crippen molar-refractivity contribution in [3.8, 4) is 0 Å². The largest absolute Gasteiger partial charge is 0.443 e. The second kappa shape index (κ2) is 5.88. The molecule has 0 saturated carbocycles. The number of rotatable bonds is 2. The monoisotopic (exact) mass is 289 g/mol. The van der Waals surface area contributed by atoms with Gasteiger partial charge in [-0.2, -0.15) is 0 Å². The van der Waals surface area contributed by atoms with Crippen LogP contribution in [0.2, 0.25) is 0 Å². The lowest BCUT2D eigenvalue weighted by Gasteiger charge is -2.27. The number of nitrogens with zero attached hydrogens (tertiary/aromatic N) is 1. The van der Waals surface area contributed by atoms with E-state index in [4.69, 9.17) is 4.74 Å². The van der Waals surface area contributed by atoms with Gasteiger partial charge in [-0.1, -0.05) is 37.3 Å². The minimum absolute atomic E-state index is 0.121. The molecule has 2 rings (SSSR count). The van der Waals surface area contributed by atoms with Gasteiger partial charge < -0.3 is 4.74 Å². The van der Waals surface area contributed by atoms with E-state index in [-0.39, 0.29) is 17.9 Å². The minimum atomic E-state index is -0.597. The SMILES string of the molecule is C[C@@H]1C[C@H](Cc2ccccc2)N(C(=O)OC(C)(C)C)C1=O. The van der Waals surface area contributed by atoms with Crippen molar-refractivity contribution in [3.05, 3.63) is 35.9 Å². The topological polar surface area (TPSA) is 46.6 Å². The Labute approximate surface area is 126 Å². The fourth-order valence-corrected chi connectivity index (χ4v) is 2.64. The van der Waals surface area contributed by atoms with Crippen LogP contribution in [-0.4, -0.2) is 28.5 Å². The zero-order valence-corrected chi connectivity index (χ0v) is 13.1.